The van der Waals surface area contributed by atoms with Gasteiger partial charge in [0.2, 0.25) is 0 Å². The van der Waals surface area contributed by atoms with Crippen molar-refractivity contribution in [2.45, 2.75) is 37.7 Å². The van der Waals surface area contributed by atoms with Crippen molar-refractivity contribution in [1.29, 1.82) is 0 Å². The van der Waals surface area contributed by atoms with E-state index in [2.05, 4.69) is 6.58 Å². The lowest BCUT2D eigenvalue weighted by molar-refractivity contribution is 0.0118. The van der Waals surface area contributed by atoms with Gasteiger partial charge in [-0.25, -0.2) is 13.2 Å². The van der Waals surface area contributed by atoms with Crippen LogP contribution in [0.15, 0.2) is 12.7 Å². The van der Waals surface area contributed by atoms with Crippen LogP contribution in [0.4, 0.5) is 4.79 Å². The first-order valence-electron chi connectivity index (χ1n) is 6.78. The number of sulfone groups is 1. The minimum absolute atomic E-state index is 0.0618. The highest BCUT2D eigenvalue weighted by Crippen LogP contribution is 2.30. The Hall–Kier alpha value is -1.04. The molecular weight excluding hydrogens is 266 g/mol. The Morgan fingerprint density at radius 1 is 1.16 bits per heavy atom. The fraction of sp³-hybridized carbons (Fsp3) is 0.769. The maximum absolute atomic E-state index is 12.1. The zero-order chi connectivity index (χ0) is 13.9. The number of nitrogens with zero attached hydrogens (tertiary/aromatic N) is 1. The van der Waals surface area contributed by atoms with Crippen molar-refractivity contribution in [2.24, 2.45) is 0 Å². The molecule has 2 rings (SSSR count). The fourth-order valence-corrected chi connectivity index (χ4v) is 4.06. The van der Waals surface area contributed by atoms with Gasteiger partial charge in [-0.05, 0) is 25.3 Å². The molecule has 0 N–H and O–H groups in total. The van der Waals surface area contributed by atoms with Gasteiger partial charge in [-0.15, -0.1) is 0 Å². The summed E-state index contributed by atoms with van der Waals surface area (Å²) in [5.74, 6) is 0.124. The molecule has 19 heavy (non-hydrogen) atoms. The van der Waals surface area contributed by atoms with Gasteiger partial charge in [0, 0.05) is 25.9 Å². The lowest BCUT2D eigenvalue weighted by atomic mass is 9.97. The Morgan fingerprint density at radius 2 is 1.74 bits per heavy atom. The van der Waals surface area contributed by atoms with Gasteiger partial charge in [0.05, 0.1) is 11.5 Å². The Bertz CT molecular complexity index is 437. The maximum atomic E-state index is 12.1. The molecule has 0 aromatic heterocycles. The molecule has 108 valence electrons. The quantitative estimate of drug-likeness (QED) is 0.726. The molecule has 0 bridgehead atoms. The van der Waals surface area contributed by atoms with E-state index in [1.165, 1.54) is 0 Å². The van der Waals surface area contributed by atoms with Crippen molar-refractivity contribution < 1.29 is 17.9 Å². The first-order valence-corrected chi connectivity index (χ1v) is 8.60. The van der Waals surface area contributed by atoms with Gasteiger partial charge in [-0.2, -0.15) is 0 Å². The predicted molar refractivity (Wildman–Crippen MR) is 72.7 cm³/mol. The topological polar surface area (TPSA) is 63.7 Å². The third-order valence-electron chi connectivity index (χ3n) is 3.95. The Balaban J connectivity index is 1.98. The summed E-state index contributed by atoms with van der Waals surface area (Å²) in [7, 11) is -2.98. The largest absolute Gasteiger partial charge is 0.438 e. The second kappa shape index (κ2) is 5.53. The second-order valence-electron chi connectivity index (χ2n) is 5.34. The van der Waals surface area contributed by atoms with Gasteiger partial charge in [-0.1, -0.05) is 6.58 Å². The highest BCUT2D eigenvalue weighted by atomic mass is 32.2. The van der Waals surface area contributed by atoms with Crippen LogP contribution < -0.4 is 0 Å². The van der Waals surface area contributed by atoms with Crippen molar-refractivity contribution >= 4 is 15.9 Å². The zero-order valence-electron chi connectivity index (χ0n) is 11.1. The summed E-state index contributed by atoms with van der Waals surface area (Å²) in [4.78, 5) is 13.8. The molecule has 0 spiro atoms. The molecule has 0 saturated carbocycles. The van der Waals surface area contributed by atoms with Crippen molar-refractivity contribution in [3.63, 3.8) is 0 Å². The van der Waals surface area contributed by atoms with Crippen LogP contribution >= 0.6 is 0 Å². The van der Waals surface area contributed by atoms with Gasteiger partial charge in [0.1, 0.15) is 5.60 Å². The molecule has 1 amide bonds. The third kappa shape index (κ3) is 3.49. The molecule has 2 heterocycles. The Morgan fingerprint density at radius 3 is 2.26 bits per heavy atom. The average molecular weight is 287 g/mol. The van der Waals surface area contributed by atoms with E-state index in [0.29, 0.717) is 12.8 Å². The number of amides is 1. The van der Waals surface area contributed by atoms with Gasteiger partial charge >= 0.3 is 6.09 Å². The van der Waals surface area contributed by atoms with Crippen LogP contribution in [0.3, 0.4) is 0 Å². The molecule has 0 aromatic carbocycles. The van der Waals surface area contributed by atoms with E-state index in [9.17, 15) is 13.2 Å². The summed E-state index contributed by atoms with van der Waals surface area (Å²) in [5.41, 5.74) is -0.806. The smallest absolute Gasteiger partial charge is 0.410 e. The van der Waals surface area contributed by atoms with Crippen LogP contribution in [0.25, 0.3) is 0 Å². The average Bonchev–Trinajstić information content (AvgIpc) is 2.42. The SMILES string of the molecule is C=CC1(OC(=O)N2CCCCC2)CCS(=O)(=O)CC1. The number of hydrogen-bond donors (Lipinski definition) is 0. The molecule has 2 aliphatic heterocycles. The Kier molecular flexibility index (Phi) is 4.18. The maximum Gasteiger partial charge on any atom is 0.410 e. The van der Waals surface area contributed by atoms with Gasteiger partial charge in [0.15, 0.2) is 9.84 Å². The van der Waals surface area contributed by atoms with E-state index < -0.39 is 15.4 Å². The molecule has 2 fully saturated rings. The van der Waals surface area contributed by atoms with Crippen LogP contribution in [0.2, 0.25) is 0 Å². The molecule has 0 atom stereocenters. The molecule has 0 unspecified atom stereocenters. The van der Waals surface area contributed by atoms with E-state index in [4.69, 9.17) is 4.74 Å². The third-order valence-corrected chi connectivity index (χ3v) is 5.60. The number of likely N-dealkylation sites (tertiary alicyclic amines) is 1. The number of rotatable bonds is 2. The summed E-state index contributed by atoms with van der Waals surface area (Å²) in [6.07, 6.45) is 5.04. The van der Waals surface area contributed by atoms with Crippen molar-refractivity contribution in [3.8, 4) is 0 Å². The predicted octanol–water partition coefficient (Wildman–Crippen LogP) is 1.74. The van der Waals surface area contributed by atoms with Crippen LogP contribution in [0, 0.1) is 0 Å². The molecule has 6 heteroatoms. The fourth-order valence-electron chi connectivity index (χ4n) is 2.55. The van der Waals surface area contributed by atoms with Crippen molar-refractivity contribution in [1.82, 2.24) is 4.90 Å². The highest BCUT2D eigenvalue weighted by Gasteiger charge is 2.39. The number of carbonyl (C=O) groups is 1. The molecule has 0 aliphatic carbocycles. The van der Waals surface area contributed by atoms with Gasteiger partial charge in [-0.3, -0.25) is 0 Å². The Labute approximate surface area is 114 Å². The van der Waals surface area contributed by atoms with E-state index in [1.54, 1.807) is 11.0 Å². The van der Waals surface area contributed by atoms with Crippen LogP contribution in [-0.4, -0.2) is 49.6 Å². The monoisotopic (exact) mass is 287 g/mol. The molecule has 2 saturated heterocycles. The highest BCUT2D eigenvalue weighted by molar-refractivity contribution is 7.91. The minimum atomic E-state index is -2.98. The molecule has 0 aromatic rings. The minimum Gasteiger partial charge on any atom is -0.438 e. The van der Waals surface area contributed by atoms with E-state index in [1.807, 2.05) is 0 Å². The van der Waals surface area contributed by atoms with Gasteiger partial charge in [0.25, 0.3) is 0 Å². The molecule has 0 radical (unpaired) electrons. The number of ether oxygens (including phenoxy) is 1. The second-order valence-corrected chi connectivity index (χ2v) is 7.64. The molecule has 5 nitrogen and oxygen atoms in total. The summed E-state index contributed by atoms with van der Waals surface area (Å²) in [6.45, 7) is 5.17. The van der Waals surface area contributed by atoms with E-state index >= 15 is 0 Å². The van der Waals surface area contributed by atoms with Gasteiger partial charge < -0.3 is 9.64 Å². The van der Waals surface area contributed by atoms with Crippen LogP contribution in [0.5, 0.6) is 0 Å². The summed E-state index contributed by atoms with van der Waals surface area (Å²) in [5, 5.41) is 0. The summed E-state index contributed by atoms with van der Waals surface area (Å²) >= 11 is 0. The lowest BCUT2D eigenvalue weighted by Crippen LogP contribution is -2.46. The zero-order valence-corrected chi connectivity index (χ0v) is 12.0. The number of hydrogen-bond acceptors (Lipinski definition) is 4. The van der Waals surface area contributed by atoms with Crippen LogP contribution in [-0.2, 0) is 14.6 Å². The molecule has 2 aliphatic rings. The summed E-state index contributed by atoms with van der Waals surface area (Å²) < 4.78 is 28.5. The standard InChI is InChI=1S/C13H21NO4S/c1-2-13(6-10-19(16,17)11-7-13)18-12(15)14-8-4-3-5-9-14/h2H,1,3-11H2. The van der Waals surface area contributed by atoms with E-state index in [0.717, 1.165) is 32.4 Å². The van der Waals surface area contributed by atoms with Crippen molar-refractivity contribution in [3.05, 3.63) is 12.7 Å². The first kappa shape index (κ1) is 14.4. The first-order chi connectivity index (χ1) is 8.96. The normalized spacial score (nSPS) is 25.6. The van der Waals surface area contributed by atoms with Crippen molar-refractivity contribution in [2.75, 3.05) is 24.6 Å². The molecular formula is C13H21NO4S. The van der Waals surface area contributed by atoms with Crippen LogP contribution in [0.1, 0.15) is 32.1 Å². The lowest BCUT2D eigenvalue weighted by Gasteiger charge is -2.36. The summed E-state index contributed by atoms with van der Waals surface area (Å²) in [6, 6.07) is 0. The van der Waals surface area contributed by atoms with E-state index in [-0.39, 0.29) is 17.6 Å². The number of piperidine rings is 1. The number of carbonyl (C=O) groups excluding carboxylic acids is 1.